The second-order valence-corrected chi connectivity index (χ2v) is 5.23. The second-order valence-electron chi connectivity index (χ2n) is 4.80. The molecule has 0 unspecified atom stereocenters. The van der Waals surface area contributed by atoms with E-state index in [4.69, 9.17) is 17.3 Å². The Morgan fingerprint density at radius 3 is 2.67 bits per heavy atom. The minimum absolute atomic E-state index is 0.0676. The zero-order chi connectivity index (χ0) is 15.1. The Balaban J connectivity index is 2.47. The fraction of sp³-hybridized carbons (Fsp3) is 0.0667. The van der Waals surface area contributed by atoms with E-state index >= 15 is 0 Å². The summed E-state index contributed by atoms with van der Waals surface area (Å²) < 4.78 is 1.45. The van der Waals surface area contributed by atoms with Crippen molar-refractivity contribution in [1.82, 2.24) is 9.55 Å². The SMILES string of the molecule is Cn1ccc(-c2c(N)c(=O)[nH]c3ccc(Cl)cc23)cc1=O. The molecule has 0 amide bonds. The molecule has 0 saturated heterocycles. The molecule has 3 aromatic rings. The van der Waals surface area contributed by atoms with E-state index in [0.717, 1.165) is 0 Å². The molecule has 0 atom stereocenters. The number of aromatic nitrogens is 2. The lowest BCUT2D eigenvalue weighted by atomic mass is 10.0. The summed E-state index contributed by atoms with van der Waals surface area (Å²) in [6, 6.07) is 8.31. The normalized spacial score (nSPS) is 11.0. The predicted molar refractivity (Wildman–Crippen MR) is 84.7 cm³/mol. The lowest BCUT2D eigenvalue weighted by Crippen LogP contribution is -2.16. The topological polar surface area (TPSA) is 80.9 Å². The minimum Gasteiger partial charge on any atom is -0.394 e. The van der Waals surface area contributed by atoms with Crippen molar-refractivity contribution in [2.75, 3.05) is 5.73 Å². The van der Waals surface area contributed by atoms with Crippen molar-refractivity contribution in [2.45, 2.75) is 0 Å². The number of nitrogens with two attached hydrogens (primary N) is 1. The molecule has 3 N–H and O–H groups in total. The molecule has 2 aromatic heterocycles. The Morgan fingerprint density at radius 2 is 1.95 bits per heavy atom. The summed E-state index contributed by atoms with van der Waals surface area (Å²) in [5, 5.41) is 1.23. The summed E-state index contributed by atoms with van der Waals surface area (Å²) in [6.07, 6.45) is 1.63. The molecule has 0 radical (unpaired) electrons. The second kappa shape index (κ2) is 4.79. The molecule has 0 saturated carbocycles. The Bertz CT molecular complexity index is 973. The fourth-order valence-electron chi connectivity index (χ4n) is 2.30. The van der Waals surface area contributed by atoms with Crippen LogP contribution in [-0.4, -0.2) is 9.55 Å². The first-order valence-electron chi connectivity index (χ1n) is 6.25. The van der Waals surface area contributed by atoms with E-state index in [0.29, 0.717) is 27.1 Å². The molecule has 21 heavy (non-hydrogen) atoms. The van der Waals surface area contributed by atoms with Gasteiger partial charge in [0.05, 0.1) is 0 Å². The maximum Gasteiger partial charge on any atom is 0.272 e. The Hall–Kier alpha value is -2.53. The van der Waals surface area contributed by atoms with E-state index in [9.17, 15) is 9.59 Å². The fourth-order valence-corrected chi connectivity index (χ4v) is 2.47. The van der Waals surface area contributed by atoms with Gasteiger partial charge < -0.3 is 15.3 Å². The average Bonchev–Trinajstić information content (AvgIpc) is 2.44. The molecule has 3 rings (SSSR count). The number of halogens is 1. The van der Waals surface area contributed by atoms with E-state index in [1.54, 1.807) is 37.5 Å². The zero-order valence-electron chi connectivity index (χ0n) is 11.2. The molecule has 0 fully saturated rings. The number of aryl methyl sites for hydroxylation is 1. The number of benzene rings is 1. The first-order valence-corrected chi connectivity index (χ1v) is 6.63. The van der Waals surface area contributed by atoms with Crippen LogP contribution in [0.5, 0.6) is 0 Å². The summed E-state index contributed by atoms with van der Waals surface area (Å²) >= 11 is 6.03. The molecule has 106 valence electrons. The van der Waals surface area contributed by atoms with Crippen molar-refractivity contribution in [3.63, 3.8) is 0 Å². The van der Waals surface area contributed by atoms with E-state index in [2.05, 4.69) is 4.98 Å². The Labute approximate surface area is 124 Å². The number of hydrogen-bond acceptors (Lipinski definition) is 3. The summed E-state index contributed by atoms with van der Waals surface area (Å²) in [4.78, 5) is 26.5. The molecule has 0 aliphatic carbocycles. The van der Waals surface area contributed by atoms with Crippen LogP contribution in [0.4, 0.5) is 5.69 Å². The van der Waals surface area contributed by atoms with Crippen LogP contribution < -0.4 is 16.9 Å². The van der Waals surface area contributed by atoms with Crippen molar-refractivity contribution < 1.29 is 0 Å². The molecule has 2 heterocycles. The molecule has 5 nitrogen and oxygen atoms in total. The maximum atomic E-state index is 12.0. The number of aromatic amines is 1. The number of fused-ring (bicyclic) bond motifs is 1. The van der Waals surface area contributed by atoms with Crippen molar-refractivity contribution in [3.8, 4) is 11.1 Å². The number of nitrogens with zero attached hydrogens (tertiary/aromatic N) is 1. The highest BCUT2D eigenvalue weighted by Crippen LogP contribution is 2.31. The van der Waals surface area contributed by atoms with Gasteiger partial charge in [-0.1, -0.05) is 11.6 Å². The van der Waals surface area contributed by atoms with Gasteiger partial charge in [-0.2, -0.15) is 0 Å². The zero-order valence-corrected chi connectivity index (χ0v) is 11.9. The third-order valence-corrected chi connectivity index (χ3v) is 3.64. The summed E-state index contributed by atoms with van der Waals surface area (Å²) in [5.41, 5.74) is 7.16. The minimum atomic E-state index is -0.388. The van der Waals surface area contributed by atoms with Crippen LogP contribution in [0, 0.1) is 0 Å². The first-order chi connectivity index (χ1) is 9.97. The molecular formula is C15H12ClN3O2. The van der Waals surface area contributed by atoms with Gasteiger partial charge in [-0.15, -0.1) is 0 Å². The van der Waals surface area contributed by atoms with Crippen LogP contribution >= 0.6 is 11.6 Å². The Morgan fingerprint density at radius 1 is 1.19 bits per heavy atom. The van der Waals surface area contributed by atoms with E-state index < -0.39 is 0 Å². The molecule has 0 bridgehead atoms. The van der Waals surface area contributed by atoms with Crippen LogP contribution in [0.15, 0.2) is 46.1 Å². The summed E-state index contributed by atoms with van der Waals surface area (Å²) in [5.74, 6) is 0. The highest BCUT2D eigenvalue weighted by Gasteiger charge is 2.13. The van der Waals surface area contributed by atoms with E-state index in [1.165, 1.54) is 10.6 Å². The number of nitrogen functional groups attached to an aromatic ring is 1. The van der Waals surface area contributed by atoms with E-state index in [-0.39, 0.29) is 16.8 Å². The quantitative estimate of drug-likeness (QED) is 0.722. The molecule has 1 aromatic carbocycles. The maximum absolute atomic E-state index is 12.0. The van der Waals surface area contributed by atoms with Gasteiger partial charge in [0.25, 0.3) is 11.1 Å². The van der Waals surface area contributed by atoms with Crippen molar-refractivity contribution in [3.05, 3.63) is 62.3 Å². The third-order valence-electron chi connectivity index (χ3n) is 3.41. The van der Waals surface area contributed by atoms with Gasteiger partial charge in [0.15, 0.2) is 0 Å². The standard InChI is InChI=1S/C15H12ClN3O2/c1-19-5-4-8(6-12(19)20)13-10-7-9(16)2-3-11(10)18-15(21)14(13)17/h2-7H,17H2,1H3,(H,18,21). The van der Waals surface area contributed by atoms with Crippen LogP contribution in [-0.2, 0) is 7.05 Å². The summed E-state index contributed by atoms with van der Waals surface area (Å²) in [7, 11) is 1.66. The van der Waals surface area contributed by atoms with Crippen molar-refractivity contribution >= 4 is 28.2 Å². The Kier molecular flexibility index (Phi) is 3.07. The van der Waals surface area contributed by atoms with Crippen LogP contribution in [0.25, 0.3) is 22.0 Å². The number of H-pyrrole nitrogens is 1. The number of rotatable bonds is 1. The number of pyridine rings is 2. The summed E-state index contributed by atoms with van der Waals surface area (Å²) in [6.45, 7) is 0. The van der Waals surface area contributed by atoms with Crippen LogP contribution in [0.2, 0.25) is 5.02 Å². The van der Waals surface area contributed by atoms with Crippen molar-refractivity contribution in [1.29, 1.82) is 0 Å². The van der Waals surface area contributed by atoms with Crippen molar-refractivity contribution in [2.24, 2.45) is 7.05 Å². The van der Waals surface area contributed by atoms with Gasteiger partial charge in [-0.25, -0.2) is 0 Å². The first kappa shape index (κ1) is 13.5. The van der Waals surface area contributed by atoms with Gasteiger partial charge in [0.1, 0.15) is 5.69 Å². The molecule has 6 heteroatoms. The van der Waals surface area contributed by atoms with Gasteiger partial charge in [-0.3, -0.25) is 9.59 Å². The van der Waals surface area contributed by atoms with Crippen LogP contribution in [0.3, 0.4) is 0 Å². The van der Waals surface area contributed by atoms with Gasteiger partial charge in [0, 0.05) is 40.8 Å². The lowest BCUT2D eigenvalue weighted by molar-refractivity contribution is 0.861. The number of hydrogen-bond donors (Lipinski definition) is 2. The number of nitrogens with one attached hydrogen (secondary N) is 1. The molecule has 0 aliphatic rings. The highest BCUT2D eigenvalue weighted by atomic mass is 35.5. The van der Waals surface area contributed by atoms with Crippen LogP contribution in [0.1, 0.15) is 0 Å². The van der Waals surface area contributed by atoms with E-state index in [1.807, 2.05) is 0 Å². The molecule has 0 spiro atoms. The smallest absolute Gasteiger partial charge is 0.272 e. The van der Waals surface area contributed by atoms with Gasteiger partial charge in [0.2, 0.25) is 0 Å². The highest BCUT2D eigenvalue weighted by molar-refractivity contribution is 6.31. The van der Waals surface area contributed by atoms with Gasteiger partial charge >= 0.3 is 0 Å². The number of anilines is 1. The lowest BCUT2D eigenvalue weighted by Gasteiger charge is -2.10. The van der Waals surface area contributed by atoms with Gasteiger partial charge in [-0.05, 0) is 29.8 Å². The third kappa shape index (κ3) is 2.21. The predicted octanol–water partition coefficient (Wildman–Crippen LogP) is 2.13. The average molecular weight is 302 g/mol. The monoisotopic (exact) mass is 301 g/mol. The largest absolute Gasteiger partial charge is 0.394 e. The molecular weight excluding hydrogens is 290 g/mol. The molecule has 0 aliphatic heterocycles.